The molecule has 0 aromatic heterocycles. The van der Waals surface area contributed by atoms with Crippen LogP contribution in [-0.2, 0) is 9.59 Å². The second kappa shape index (κ2) is 6.50. The molecule has 0 aliphatic carbocycles. The SMILES string of the molecule is CC(C)/C=C/C(=O)N1CC(=O)N(c2cc(Cl)cc(Cl)c2)C1=O. The molecule has 7 heteroatoms. The van der Waals surface area contributed by atoms with Crippen LogP contribution in [0.4, 0.5) is 10.5 Å². The van der Waals surface area contributed by atoms with Gasteiger partial charge in [-0.05, 0) is 30.2 Å². The fourth-order valence-corrected chi connectivity index (χ4v) is 2.48. The molecule has 0 spiro atoms. The molecular weight excluding hydrogens is 327 g/mol. The van der Waals surface area contributed by atoms with E-state index in [-0.39, 0.29) is 18.2 Å². The number of rotatable bonds is 3. The number of hydrogen-bond donors (Lipinski definition) is 0. The average molecular weight is 341 g/mol. The minimum absolute atomic E-state index is 0.167. The average Bonchev–Trinajstić information content (AvgIpc) is 2.70. The third kappa shape index (κ3) is 3.48. The normalized spacial score (nSPS) is 15.5. The Bertz CT molecular complexity index is 651. The number of nitrogens with zero attached hydrogens (tertiary/aromatic N) is 2. The summed E-state index contributed by atoms with van der Waals surface area (Å²) in [5.41, 5.74) is 0.246. The van der Waals surface area contributed by atoms with Crippen molar-refractivity contribution in [3.8, 4) is 0 Å². The lowest BCUT2D eigenvalue weighted by Crippen LogP contribution is -2.35. The zero-order chi connectivity index (χ0) is 16.4. The summed E-state index contributed by atoms with van der Waals surface area (Å²) in [5, 5.41) is 0.597. The summed E-state index contributed by atoms with van der Waals surface area (Å²) in [7, 11) is 0. The number of imide groups is 2. The lowest BCUT2D eigenvalue weighted by molar-refractivity contribution is -0.125. The van der Waals surface area contributed by atoms with Crippen LogP contribution in [0.2, 0.25) is 10.0 Å². The largest absolute Gasteiger partial charge is 0.338 e. The Morgan fingerprint density at radius 1 is 1.18 bits per heavy atom. The van der Waals surface area contributed by atoms with Crippen LogP contribution in [0.15, 0.2) is 30.4 Å². The number of hydrogen-bond acceptors (Lipinski definition) is 3. The highest BCUT2D eigenvalue weighted by molar-refractivity contribution is 6.35. The molecule has 0 N–H and O–H groups in total. The van der Waals surface area contributed by atoms with Crippen molar-refractivity contribution in [3.05, 3.63) is 40.4 Å². The van der Waals surface area contributed by atoms with Crippen LogP contribution in [-0.4, -0.2) is 29.3 Å². The van der Waals surface area contributed by atoms with E-state index in [4.69, 9.17) is 23.2 Å². The molecule has 0 bridgehead atoms. The van der Waals surface area contributed by atoms with Gasteiger partial charge >= 0.3 is 6.03 Å². The molecule has 0 radical (unpaired) electrons. The Labute approximate surface area is 138 Å². The van der Waals surface area contributed by atoms with E-state index in [9.17, 15) is 14.4 Å². The summed E-state index contributed by atoms with van der Waals surface area (Å²) in [6, 6.07) is 3.68. The monoisotopic (exact) mass is 340 g/mol. The zero-order valence-corrected chi connectivity index (χ0v) is 13.6. The number of benzene rings is 1. The minimum Gasteiger partial charge on any atom is -0.272 e. The van der Waals surface area contributed by atoms with Gasteiger partial charge in [0, 0.05) is 10.0 Å². The number of urea groups is 1. The fraction of sp³-hybridized carbons (Fsp3) is 0.267. The molecule has 1 aliphatic rings. The van der Waals surface area contributed by atoms with Crippen LogP contribution in [0, 0.1) is 5.92 Å². The van der Waals surface area contributed by atoms with E-state index in [2.05, 4.69) is 0 Å². The Morgan fingerprint density at radius 3 is 2.32 bits per heavy atom. The number of halogens is 2. The number of carbonyl (C=O) groups is 3. The standard InChI is InChI=1S/C15H14Cl2N2O3/c1-9(2)3-4-13(20)18-8-14(21)19(15(18)22)12-6-10(16)5-11(17)7-12/h3-7,9H,8H2,1-2H3/b4-3+. The lowest BCUT2D eigenvalue weighted by Gasteiger charge is -2.15. The molecule has 1 heterocycles. The molecular formula is C15H14Cl2N2O3. The molecule has 0 saturated carbocycles. The van der Waals surface area contributed by atoms with Crippen LogP contribution in [0.5, 0.6) is 0 Å². The fourth-order valence-electron chi connectivity index (χ4n) is 1.96. The van der Waals surface area contributed by atoms with Crippen molar-refractivity contribution in [2.24, 2.45) is 5.92 Å². The van der Waals surface area contributed by atoms with Gasteiger partial charge in [0.15, 0.2) is 0 Å². The molecule has 1 aromatic rings. The van der Waals surface area contributed by atoms with Crippen molar-refractivity contribution in [2.75, 3.05) is 11.4 Å². The summed E-state index contributed by atoms with van der Waals surface area (Å²) in [6.07, 6.45) is 2.96. The van der Waals surface area contributed by atoms with Gasteiger partial charge in [0.25, 0.3) is 11.8 Å². The van der Waals surface area contributed by atoms with E-state index in [0.717, 1.165) is 9.80 Å². The molecule has 116 valence electrons. The first kappa shape index (κ1) is 16.5. The smallest absolute Gasteiger partial charge is 0.272 e. The topological polar surface area (TPSA) is 57.7 Å². The first-order valence-corrected chi connectivity index (χ1v) is 7.38. The van der Waals surface area contributed by atoms with Crippen molar-refractivity contribution in [3.63, 3.8) is 0 Å². The zero-order valence-electron chi connectivity index (χ0n) is 12.0. The van der Waals surface area contributed by atoms with Gasteiger partial charge in [-0.2, -0.15) is 0 Å². The second-order valence-corrected chi connectivity index (χ2v) is 6.04. The highest BCUT2D eigenvalue weighted by Gasteiger charge is 2.40. The summed E-state index contributed by atoms with van der Waals surface area (Å²) >= 11 is 11.8. The Hall–Kier alpha value is -1.85. The molecule has 0 atom stereocenters. The first-order chi connectivity index (χ1) is 10.3. The first-order valence-electron chi connectivity index (χ1n) is 6.62. The van der Waals surface area contributed by atoms with Crippen molar-refractivity contribution in [1.82, 2.24) is 4.90 Å². The third-order valence-electron chi connectivity index (χ3n) is 2.96. The predicted octanol–water partition coefficient (Wildman–Crippen LogP) is 3.50. The van der Waals surface area contributed by atoms with Gasteiger partial charge in [-0.3, -0.25) is 14.5 Å². The van der Waals surface area contributed by atoms with Gasteiger partial charge in [-0.15, -0.1) is 0 Å². The molecule has 0 unspecified atom stereocenters. The molecule has 1 aliphatic heterocycles. The molecule has 1 aromatic carbocycles. The Morgan fingerprint density at radius 2 is 1.77 bits per heavy atom. The van der Waals surface area contributed by atoms with Crippen LogP contribution in [0.3, 0.4) is 0 Å². The van der Waals surface area contributed by atoms with E-state index in [0.29, 0.717) is 10.0 Å². The van der Waals surface area contributed by atoms with Gasteiger partial charge < -0.3 is 0 Å². The van der Waals surface area contributed by atoms with E-state index in [1.165, 1.54) is 24.3 Å². The minimum atomic E-state index is -0.707. The van der Waals surface area contributed by atoms with E-state index in [1.54, 1.807) is 6.08 Å². The van der Waals surface area contributed by atoms with Crippen LogP contribution < -0.4 is 4.90 Å². The Balaban J connectivity index is 2.27. The van der Waals surface area contributed by atoms with Crippen LogP contribution in [0.1, 0.15) is 13.8 Å². The summed E-state index contributed by atoms with van der Waals surface area (Å²) < 4.78 is 0. The summed E-state index contributed by atoms with van der Waals surface area (Å²) in [5.74, 6) is -0.863. The molecule has 1 saturated heterocycles. The molecule has 5 nitrogen and oxygen atoms in total. The second-order valence-electron chi connectivity index (χ2n) is 5.17. The van der Waals surface area contributed by atoms with E-state index < -0.39 is 17.8 Å². The van der Waals surface area contributed by atoms with Crippen molar-refractivity contribution < 1.29 is 14.4 Å². The third-order valence-corrected chi connectivity index (χ3v) is 3.40. The molecule has 2 rings (SSSR count). The lowest BCUT2D eigenvalue weighted by atomic mass is 10.2. The summed E-state index contributed by atoms with van der Waals surface area (Å²) in [4.78, 5) is 38.2. The van der Waals surface area contributed by atoms with Crippen molar-refractivity contribution in [1.29, 1.82) is 0 Å². The van der Waals surface area contributed by atoms with E-state index >= 15 is 0 Å². The highest BCUT2D eigenvalue weighted by atomic mass is 35.5. The van der Waals surface area contributed by atoms with Gasteiger partial charge in [0.1, 0.15) is 6.54 Å². The maximum Gasteiger partial charge on any atom is 0.338 e. The van der Waals surface area contributed by atoms with Gasteiger partial charge in [-0.25, -0.2) is 9.69 Å². The number of carbonyl (C=O) groups excluding carboxylic acids is 3. The van der Waals surface area contributed by atoms with E-state index in [1.807, 2.05) is 13.8 Å². The number of allylic oxidation sites excluding steroid dienone is 1. The van der Waals surface area contributed by atoms with Gasteiger partial charge in [0.05, 0.1) is 5.69 Å². The molecule has 4 amide bonds. The Kier molecular flexibility index (Phi) is 4.88. The number of anilines is 1. The van der Waals surface area contributed by atoms with Crippen LogP contribution in [0.25, 0.3) is 0 Å². The van der Waals surface area contributed by atoms with Crippen LogP contribution >= 0.6 is 23.2 Å². The van der Waals surface area contributed by atoms with Crippen molar-refractivity contribution >= 4 is 46.7 Å². The number of amides is 4. The molecule has 22 heavy (non-hydrogen) atoms. The van der Waals surface area contributed by atoms with Gasteiger partial charge in [0.2, 0.25) is 0 Å². The molecule has 1 fully saturated rings. The summed E-state index contributed by atoms with van der Waals surface area (Å²) in [6.45, 7) is 3.51. The maximum atomic E-state index is 12.3. The maximum absolute atomic E-state index is 12.3. The highest BCUT2D eigenvalue weighted by Crippen LogP contribution is 2.28. The van der Waals surface area contributed by atoms with Gasteiger partial charge in [-0.1, -0.05) is 43.1 Å². The quantitative estimate of drug-likeness (QED) is 0.625. The van der Waals surface area contributed by atoms with Crippen molar-refractivity contribution in [2.45, 2.75) is 13.8 Å². The predicted molar refractivity (Wildman–Crippen MR) is 85.0 cm³/mol.